The SMILES string of the molecule is COc1ccc(C2C=C(c3ccccc3)Oc3ccc4ccccc4c32)cc1OC. The molecule has 0 N–H and O–H groups in total. The van der Waals surface area contributed by atoms with Crippen molar-refractivity contribution in [2.45, 2.75) is 5.92 Å². The Balaban J connectivity index is 1.74. The first kappa shape index (κ1) is 18.3. The molecule has 1 heterocycles. The van der Waals surface area contributed by atoms with Gasteiger partial charge in [0, 0.05) is 17.0 Å². The predicted molar refractivity (Wildman–Crippen MR) is 120 cm³/mol. The number of hydrogen-bond acceptors (Lipinski definition) is 3. The lowest BCUT2D eigenvalue weighted by Crippen LogP contribution is -2.11. The van der Waals surface area contributed by atoms with Crippen LogP contribution in [0.25, 0.3) is 16.5 Å². The molecule has 5 rings (SSSR count). The van der Waals surface area contributed by atoms with E-state index in [0.29, 0.717) is 0 Å². The first-order valence-corrected chi connectivity index (χ1v) is 9.97. The number of ether oxygens (including phenoxy) is 3. The topological polar surface area (TPSA) is 27.7 Å². The third-order valence-corrected chi connectivity index (χ3v) is 5.60. The molecule has 0 spiro atoms. The van der Waals surface area contributed by atoms with E-state index >= 15 is 0 Å². The van der Waals surface area contributed by atoms with Gasteiger partial charge >= 0.3 is 0 Å². The van der Waals surface area contributed by atoms with Crippen LogP contribution in [0.15, 0.2) is 91.0 Å². The normalized spacial score (nSPS) is 15.1. The third kappa shape index (κ3) is 3.09. The fourth-order valence-electron chi connectivity index (χ4n) is 4.14. The Kier molecular flexibility index (Phi) is 4.64. The molecule has 0 bridgehead atoms. The van der Waals surface area contributed by atoms with Crippen LogP contribution in [0.2, 0.25) is 0 Å². The van der Waals surface area contributed by atoms with Crippen LogP contribution in [-0.2, 0) is 0 Å². The van der Waals surface area contributed by atoms with E-state index in [1.165, 1.54) is 16.3 Å². The predicted octanol–water partition coefficient (Wildman–Crippen LogP) is 6.42. The van der Waals surface area contributed by atoms with E-state index in [0.717, 1.165) is 34.1 Å². The molecular formula is C27H22O3. The van der Waals surface area contributed by atoms with E-state index in [-0.39, 0.29) is 5.92 Å². The van der Waals surface area contributed by atoms with E-state index in [2.05, 4.69) is 66.7 Å². The monoisotopic (exact) mass is 394 g/mol. The second kappa shape index (κ2) is 7.60. The highest BCUT2D eigenvalue weighted by Gasteiger charge is 2.27. The van der Waals surface area contributed by atoms with E-state index in [1.807, 2.05) is 24.3 Å². The van der Waals surface area contributed by atoms with Crippen molar-refractivity contribution in [2.75, 3.05) is 14.2 Å². The molecule has 1 unspecified atom stereocenters. The zero-order chi connectivity index (χ0) is 20.5. The van der Waals surface area contributed by atoms with Gasteiger partial charge in [0.05, 0.1) is 14.2 Å². The zero-order valence-corrected chi connectivity index (χ0v) is 17.0. The van der Waals surface area contributed by atoms with Gasteiger partial charge in [0.15, 0.2) is 11.5 Å². The molecule has 0 radical (unpaired) electrons. The minimum atomic E-state index is 0.0230. The number of hydrogen-bond donors (Lipinski definition) is 0. The number of fused-ring (bicyclic) bond motifs is 3. The first-order valence-electron chi connectivity index (χ1n) is 9.97. The Bertz CT molecular complexity index is 1240. The summed E-state index contributed by atoms with van der Waals surface area (Å²) in [4.78, 5) is 0. The maximum absolute atomic E-state index is 6.38. The average molecular weight is 394 g/mol. The van der Waals surface area contributed by atoms with Crippen LogP contribution in [0.5, 0.6) is 17.2 Å². The number of rotatable bonds is 4. The zero-order valence-electron chi connectivity index (χ0n) is 17.0. The average Bonchev–Trinajstić information content (AvgIpc) is 2.83. The van der Waals surface area contributed by atoms with Crippen molar-refractivity contribution in [3.63, 3.8) is 0 Å². The molecule has 0 aliphatic carbocycles. The molecule has 0 saturated heterocycles. The summed E-state index contributed by atoms with van der Waals surface area (Å²) in [7, 11) is 3.32. The molecule has 148 valence electrons. The molecule has 0 saturated carbocycles. The summed E-state index contributed by atoms with van der Waals surface area (Å²) in [6.45, 7) is 0. The maximum Gasteiger partial charge on any atom is 0.161 e. The third-order valence-electron chi connectivity index (χ3n) is 5.60. The standard InChI is InChI=1S/C27H22O3/c1-28-23-14-13-20(16-26(23)29-2)22-17-25(19-9-4-3-5-10-19)30-24-15-12-18-8-6-7-11-21(18)27(22)24/h3-17,22H,1-2H3. The summed E-state index contributed by atoms with van der Waals surface area (Å²) in [5.41, 5.74) is 3.35. The van der Waals surface area contributed by atoms with Gasteiger partial charge in [0.2, 0.25) is 0 Å². The fraction of sp³-hybridized carbons (Fsp3) is 0.111. The summed E-state index contributed by atoms with van der Waals surface area (Å²) in [6, 6.07) is 29.0. The van der Waals surface area contributed by atoms with Gasteiger partial charge < -0.3 is 14.2 Å². The molecule has 1 aliphatic rings. The van der Waals surface area contributed by atoms with Crippen molar-refractivity contribution >= 4 is 16.5 Å². The molecule has 3 heteroatoms. The van der Waals surface area contributed by atoms with E-state index in [1.54, 1.807) is 14.2 Å². The Morgan fingerprint density at radius 3 is 2.30 bits per heavy atom. The van der Waals surface area contributed by atoms with Gasteiger partial charge in [-0.25, -0.2) is 0 Å². The maximum atomic E-state index is 6.38. The summed E-state index contributed by atoms with van der Waals surface area (Å²) < 4.78 is 17.4. The molecule has 0 fully saturated rings. The van der Waals surface area contributed by atoms with Gasteiger partial charge in [-0.1, -0.05) is 66.7 Å². The summed E-state index contributed by atoms with van der Waals surface area (Å²) in [5.74, 6) is 3.21. The van der Waals surface area contributed by atoms with Crippen LogP contribution in [0.4, 0.5) is 0 Å². The van der Waals surface area contributed by atoms with Crippen molar-refractivity contribution in [1.82, 2.24) is 0 Å². The van der Waals surface area contributed by atoms with Crippen LogP contribution >= 0.6 is 0 Å². The van der Waals surface area contributed by atoms with Gasteiger partial charge in [-0.3, -0.25) is 0 Å². The molecule has 1 atom stereocenters. The van der Waals surface area contributed by atoms with E-state index in [9.17, 15) is 0 Å². The van der Waals surface area contributed by atoms with Crippen LogP contribution in [-0.4, -0.2) is 14.2 Å². The molecule has 30 heavy (non-hydrogen) atoms. The van der Waals surface area contributed by atoms with Crippen molar-refractivity contribution in [3.05, 3.63) is 108 Å². The minimum absolute atomic E-state index is 0.0230. The Hall–Kier alpha value is -3.72. The van der Waals surface area contributed by atoms with Gasteiger partial charge in [0.25, 0.3) is 0 Å². The van der Waals surface area contributed by atoms with Gasteiger partial charge in [-0.15, -0.1) is 0 Å². The Morgan fingerprint density at radius 2 is 1.50 bits per heavy atom. The summed E-state index contributed by atoms with van der Waals surface area (Å²) in [6.07, 6.45) is 2.20. The van der Waals surface area contributed by atoms with Gasteiger partial charge in [0.1, 0.15) is 11.5 Å². The lowest BCUT2D eigenvalue weighted by Gasteiger charge is -2.27. The second-order valence-electron chi connectivity index (χ2n) is 7.29. The van der Waals surface area contributed by atoms with E-state index in [4.69, 9.17) is 14.2 Å². The molecule has 3 nitrogen and oxygen atoms in total. The quantitative estimate of drug-likeness (QED) is 0.400. The van der Waals surface area contributed by atoms with Crippen LogP contribution < -0.4 is 14.2 Å². The van der Waals surface area contributed by atoms with Crippen molar-refractivity contribution in [2.24, 2.45) is 0 Å². The largest absolute Gasteiger partial charge is 0.493 e. The molecular weight excluding hydrogens is 372 g/mol. The first-order chi connectivity index (χ1) is 14.8. The lowest BCUT2D eigenvalue weighted by molar-refractivity contribution is 0.354. The fourth-order valence-corrected chi connectivity index (χ4v) is 4.14. The second-order valence-corrected chi connectivity index (χ2v) is 7.29. The minimum Gasteiger partial charge on any atom is -0.493 e. The summed E-state index contributed by atoms with van der Waals surface area (Å²) in [5, 5.41) is 2.39. The number of methoxy groups -OCH3 is 2. The molecule has 1 aliphatic heterocycles. The molecule has 4 aromatic carbocycles. The molecule has 4 aromatic rings. The van der Waals surface area contributed by atoms with Gasteiger partial charge in [-0.05, 0) is 40.6 Å². The highest BCUT2D eigenvalue weighted by atomic mass is 16.5. The molecule has 0 aromatic heterocycles. The number of allylic oxidation sites excluding steroid dienone is 1. The van der Waals surface area contributed by atoms with Crippen molar-refractivity contribution < 1.29 is 14.2 Å². The van der Waals surface area contributed by atoms with Crippen LogP contribution in [0, 0.1) is 0 Å². The Labute approximate surface area is 176 Å². The summed E-state index contributed by atoms with van der Waals surface area (Å²) >= 11 is 0. The van der Waals surface area contributed by atoms with Crippen LogP contribution in [0.1, 0.15) is 22.6 Å². The van der Waals surface area contributed by atoms with Crippen molar-refractivity contribution in [3.8, 4) is 17.2 Å². The molecule has 0 amide bonds. The highest BCUT2D eigenvalue weighted by Crippen LogP contribution is 2.45. The van der Waals surface area contributed by atoms with Crippen molar-refractivity contribution in [1.29, 1.82) is 0 Å². The van der Waals surface area contributed by atoms with Crippen LogP contribution in [0.3, 0.4) is 0 Å². The van der Waals surface area contributed by atoms with E-state index < -0.39 is 0 Å². The lowest BCUT2D eigenvalue weighted by atomic mass is 9.84. The smallest absolute Gasteiger partial charge is 0.161 e. The highest BCUT2D eigenvalue weighted by molar-refractivity contribution is 5.90. The Morgan fingerprint density at radius 1 is 0.733 bits per heavy atom. The number of benzene rings is 4. The van der Waals surface area contributed by atoms with Gasteiger partial charge in [-0.2, -0.15) is 0 Å².